The normalized spacial score (nSPS) is 7.62. The van der Waals surface area contributed by atoms with Crippen LogP contribution in [-0.4, -0.2) is 8.41 Å². The van der Waals surface area contributed by atoms with Crippen molar-refractivity contribution in [2.75, 3.05) is 0 Å². The molecule has 0 bridgehead atoms. The van der Waals surface area contributed by atoms with Crippen LogP contribution in [0.2, 0.25) is 0 Å². The van der Waals surface area contributed by atoms with Crippen LogP contribution in [0.3, 0.4) is 0 Å². The molecule has 0 aliphatic rings. The zero-order valence-electron chi connectivity index (χ0n) is 4.96. The highest BCUT2D eigenvalue weighted by atomic mass is 13.8. The lowest BCUT2D eigenvalue weighted by Crippen LogP contribution is -1.62. The fourth-order valence-electron chi connectivity index (χ4n) is 0.534. The number of hydrogen-bond donors (Lipinski definition) is 0. The van der Waals surface area contributed by atoms with E-state index in [4.69, 9.17) is 0 Å². The summed E-state index contributed by atoms with van der Waals surface area (Å²) in [6, 6.07) is 10.3. The number of rotatable bonds is 0. The summed E-state index contributed by atoms with van der Waals surface area (Å²) in [5.41, 5.74) is 1.32. The monoisotopic (exact) mass is 103 g/mol. The van der Waals surface area contributed by atoms with Crippen molar-refractivity contribution in [3.8, 4) is 0 Å². The minimum atomic E-state index is 0. The molecule has 0 atom stereocenters. The van der Waals surface area contributed by atoms with E-state index in [0.717, 1.165) is 0 Å². The maximum absolute atomic E-state index is 2.08. The van der Waals surface area contributed by atoms with Gasteiger partial charge in [-0.05, 0) is 6.92 Å². The zero-order chi connectivity index (χ0) is 5.11. The van der Waals surface area contributed by atoms with E-state index in [9.17, 15) is 0 Å². The highest BCUT2D eigenvalue weighted by Crippen LogP contribution is 1.92. The van der Waals surface area contributed by atoms with E-state index < -0.39 is 0 Å². The van der Waals surface area contributed by atoms with Gasteiger partial charge in [0.05, 0.1) is 0 Å². The summed E-state index contributed by atoms with van der Waals surface area (Å²) in [4.78, 5) is 0. The lowest BCUT2D eigenvalue weighted by atomic mass is 10.2. The summed E-state index contributed by atoms with van der Waals surface area (Å²) in [5.74, 6) is 0. The molecular weight excluding hydrogens is 94.9 g/mol. The van der Waals surface area contributed by atoms with Crippen molar-refractivity contribution in [2.45, 2.75) is 6.92 Å². The van der Waals surface area contributed by atoms with Crippen molar-refractivity contribution >= 4 is 8.41 Å². The summed E-state index contributed by atoms with van der Waals surface area (Å²) in [6.45, 7) is 2.08. The first-order valence-electron chi connectivity index (χ1n) is 2.41. The van der Waals surface area contributed by atoms with E-state index in [1.807, 2.05) is 18.2 Å². The first kappa shape index (κ1) is 7.28. The number of benzene rings is 1. The first-order chi connectivity index (χ1) is 3.39. The molecule has 0 saturated heterocycles. The van der Waals surface area contributed by atoms with Crippen LogP contribution in [-0.2, 0) is 0 Å². The predicted molar refractivity (Wildman–Crippen MR) is 36.9 cm³/mol. The molecule has 0 amide bonds. The Hall–Kier alpha value is -0.715. The maximum atomic E-state index is 2.08. The Morgan fingerprint density at radius 3 is 1.75 bits per heavy atom. The first-order valence-corrected chi connectivity index (χ1v) is 2.41. The van der Waals surface area contributed by atoms with Crippen molar-refractivity contribution in [3.05, 3.63) is 35.9 Å². The van der Waals surface area contributed by atoms with E-state index in [1.54, 1.807) is 0 Å². The number of aryl methyl sites for hydroxylation is 1. The van der Waals surface area contributed by atoms with Crippen LogP contribution in [0.25, 0.3) is 0 Å². The van der Waals surface area contributed by atoms with Crippen LogP contribution < -0.4 is 0 Å². The molecule has 1 aromatic rings. The van der Waals surface area contributed by atoms with Gasteiger partial charge in [-0.15, -0.1) is 0 Å². The molecule has 0 saturated carbocycles. The molecule has 0 nitrogen and oxygen atoms in total. The molecule has 39 valence electrons. The third kappa shape index (κ3) is 1.83. The third-order valence-electron chi connectivity index (χ3n) is 0.940. The number of hydrogen-bond acceptors (Lipinski definition) is 0. The van der Waals surface area contributed by atoms with E-state index in [2.05, 4.69) is 19.1 Å². The van der Waals surface area contributed by atoms with Gasteiger partial charge >= 0.3 is 0 Å². The average Bonchev–Trinajstić information content (AvgIpc) is 1.69. The van der Waals surface area contributed by atoms with Crippen molar-refractivity contribution in [1.29, 1.82) is 0 Å². The van der Waals surface area contributed by atoms with E-state index in [0.29, 0.717) is 0 Å². The molecule has 0 aliphatic carbocycles. The lowest BCUT2D eigenvalue weighted by Gasteiger charge is -1.82. The van der Waals surface area contributed by atoms with E-state index in [1.165, 1.54) is 5.56 Å². The molecule has 0 N–H and O–H groups in total. The summed E-state index contributed by atoms with van der Waals surface area (Å²) in [5, 5.41) is 0. The van der Waals surface area contributed by atoms with Crippen LogP contribution >= 0.6 is 0 Å². The van der Waals surface area contributed by atoms with Gasteiger partial charge in [-0.1, -0.05) is 35.9 Å². The Balaban J connectivity index is 0.000000490. The van der Waals surface area contributed by atoms with Crippen LogP contribution in [0, 0.1) is 6.92 Å². The Morgan fingerprint density at radius 1 is 1.00 bits per heavy atom. The van der Waals surface area contributed by atoms with Crippen molar-refractivity contribution in [2.24, 2.45) is 0 Å². The highest BCUT2D eigenvalue weighted by molar-refractivity contribution is 5.75. The molecule has 8 heavy (non-hydrogen) atoms. The Morgan fingerprint density at radius 2 is 1.50 bits per heavy atom. The molecule has 1 rings (SSSR count). The smallest absolute Gasteiger partial charge is 0 e. The summed E-state index contributed by atoms with van der Waals surface area (Å²) < 4.78 is 0. The second-order valence-corrected chi connectivity index (χ2v) is 1.65. The van der Waals surface area contributed by atoms with Gasteiger partial charge in [-0.25, -0.2) is 0 Å². The van der Waals surface area contributed by atoms with E-state index in [-0.39, 0.29) is 8.41 Å². The average molecular weight is 103 g/mol. The molecule has 0 heterocycles. The second-order valence-electron chi connectivity index (χ2n) is 1.65. The van der Waals surface area contributed by atoms with Crippen LogP contribution in [0.4, 0.5) is 0 Å². The Labute approximate surface area is 52.1 Å². The molecule has 0 fully saturated rings. The summed E-state index contributed by atoms with van der Waals surface area (Å²) in [6.07, 6.45) is 0. The quantitative estimate of drug-likeness (QED) is 0.437. The topological polar surface area (TPSA) is 0 Å². The molecule has 0 spiro atoms. The minimum Gasteiger partial charge on any atom is -0.0622 e. The SMILES string of the molecule is Cc1ccccc1.[B]. The second kappa shape index (κ2) is 3.31. The van der Waals surface area contributed by atoms with Gasteiger partial charge in [-0.2, -0.15) is 0 Å². The Kier molecular flexibility index (Phi) is 3.01. The summed E-state index contributed by atoms with van der Waals surface area (Å²) in [7, 11) is 0. The fourth-order valence-corrected chi connectivity index (χ4v) is 0.534. The zero-order valence-corrected chi connectivity index (χ0v) is 4.96. The van der Waals surface area contributed by atoms with Gasteiger partial charge in [0.2, 0.25) is 0 Å². The van der Waals surface area contributed by atoms with Gasteiger partial charge in [-0.3, -0.25) is 0 Å². The van der Waals surface area contributed by atoms with Crippen molar-refractivity contribution in [1.82, 2.24) is 0 Å². The molecule has 0 aliphatic heterocycles. The van der Waals surface area contributed by atoms with Crippen LogP contribution in [0.1, 0.15) is 5.56 Å². The standard InChI is InChI=1S/C7H8.B/c1-7-5-3-2-4-6-7;/h2-6H,1H3;. The molecule has 1 heteroatoms. The maximum Gasteiger partial charge on any atom is 0 e. The largest absolute Gasteiger partial charge is 0.0622 e. The van der Waals surface area contributed by atoms with Gasteiger partial charge < -0.3 is 0 Å². The van der Waals surface area contributed by atoms with E-state index >= 15 is 0 Å². The minimum absolute atomic E-state index is 0. The molecule has 0 aromatic heterocycles. The van der Waals surface area contributed by atoms with Crippen molar-refractivity contribution < 1.29 is 0 Å². The molecular formula is C7H8B. The summed E-state index contributed by atoms with van der Waals surface area (Å²) >= 11 is 0. The fraction of sp³-hybridized carbons (Fsp3) is 0.143. The van der Waals surface area contributed by atoms with Gasteiger partial charge in [0.1, 0.15) is 0 Å². The van der Waals surface area contributed by atoms with Gasteiger partial charge in [0.25, 0.3) is 0 Å². The molecule has 1 aromatic carbocycles. The highest BCUT2D eigenvalue weighted by Gasteiger charge is 1.72. The third-order valence-corrected chi connectivity index (χ3v) is 0.940. The van der Waals surface area contributed by atoms with Gasteiger partial charge in [0, 0.05) is 8.41 Å². The van der Waals surface area contributed by atoms with Gasteiger partial charge in [0.15, 0.2) is 0 Å². The predicted octanol–water partition coefficient (Wildman–Crippen LogP) is 1.61. The molecule has 3 radical (unpaired) electrons. The van der Waals surface area contributed by atoms with Crippen LogP contribution in [0.15, 0.2) is 30.3 Å². The molecule has 0 unspecified atom stereocenters. The lowest BCUT2D eigenvalue weighted by molar-refractivity contribution is 1.48. The van der Waals surface area contributed by atoms with Crippen LogP contribution in [0.5, 0.6) is 0 Å². The van der Waals surface area contributed by atoms with Crippen molar-refractivity contribution in [3.63, 3.8) is 0 Å². The Bertz CT molecular complexity index is 134.